The Morgan fingerprint density at radius 2 is 2.04 bits per heavy atom. The topological polar surface area (TPSA) is 59.3 Å². The molecule has 3 aromatic heterocycles. The largest absolute Gasteiger partial charge is 0.352 e. The van der Waals surface area contributed by atoms with E-state index >= 15 is 0 Å². The zero-order chi connectivity index (χ0) is 19.5. The summed E-state index contributed by atoms with van der Waals surface area (Å²) in [7, 11) is 0. The summed E-state index contributed by atoms with van der Waals surface area (Å²) in [6.45, 7) is 4.22. The lowest BCUT2D eigenvalue weighted by Crippen LogP contribution is -2.17. The average molecular weight is 411 g/mol. The molecule has 0 aliphatic rings. The van der Waals surface area contributed by atoms with Crippen molar-refractivity contribution in [3.05, 3.63) is 79.9 Å². The highest BCUT2D eigenvalue weighted by Gasteiger charge is 2.19. The minimum Gasteiger partial charge on any atom is -0.352 e. The molecule has 1 N–H and O–H groups in total. The third-order valence-electron chi connectivity index (χ3n) is 4.60. The summed E-state index contributed by atoms with van der Waals surface area (Å²) < 4.78 is 1.40. The Kier molecular flexibility index (Phi) is 5.54. The summed E-state index contributed by atoms with van der Waals surface area (Å²) in [4.78, 5) is 18.9. The van der Waals surface area contributed by atoms with Crippen LogP contribution in [-0.2, 0) is 12.8 Å². The first-order valence-corrected chi connectivity index (χ1v) is 11.1. The Labute approximate surface area is 171 Å². The molecule has 0 radical (unpaired) electrons. The van der Waals surface area contributed by atoms with Crippen molar-refractivity contribution in [2.24, 2.45) is 0 Å². The predicted octanol–water partition coefficient (Wildman–Crippen LogP) is 4.87. The summed E-state index contributed by atoms with van der Waals surface area (Å²) in [6, 6.07) is 14.2. The molecular weight excluding hydrogens is 388 g/mol. The monoisotopic (exact) mass is 410 g/mol. The van der Waals surface area contributed by atoms with Gasteiger partial charge in [0.15, 0.2) is 0 Å². The van der Waals surface area contributed by atoms with Crippen LogP contribution in [0.5, 0.6) is 0 Å². The van der Waals surface area contributed by atoms with E-state index in [2.05, 4.69) is 65.0 Å². The maximum Gasteiger partial charge on any atom is 0.275 e. The van der Waals surface area contributed by atoms with E-state index < -0.39 is 0 Å². The van der Waals surface area contributed by atoms with Crippen LogP contribution < -0.4 is 10.9 Å². The van der Waals surface area contributed by atoms with Crippen molar-refractivity contribution in [1.29, 1.82) is 0 Å². The van der Waals surface area contributed by atoms with Crippen LogP contribution in [-0.4, -0.2) is 14.6 Å². The van der Waals surface area contributed by atoms with Crippen LogP contribution in [0.2, 0.25) is 0 Å². The number of anilines is 1. The van der Waals surface area contributed by atoms with Gasteiger partial charge < -0.3 is 5.32 Å². The Morgan fingerprint density at radius 3 is 2.75 bits per heavy atom. The molecule has 1 atom stereocenters. The Balaban J connectivity index is 1.67. The fourth-order valence-corrected chi connectivity index (χ4v) is 5.10. The first-order chi connectivity index (χ1) is 13.6. The van der Waals surface area contributed by atoms with Crippen molar-refractivity contribution in [1.82, 2.24) is 14.6 Å². The summed E-state index contributed by atoms with van der Waals surface area (Å²) in [6.07, 6.45) is 2.61. The van der Waals surface area contributed by atoms with Gasteiger partial charge in [-0.25, -0.2) is 4.98 Å². The van der Waals surface area contributed by atoms with E-state index in [1.165, 1.54) is 31.9 Å². The van der Waals surface area contributed by atoms with Crippen LogP contribution in [0.3, 0.4) is 0 Å². The van der Waals surface area contributed by atoms with Gasteiger partial charge in [0.25, 0.3) is 5.56 Å². The molecule has 144 valence electrons. The molecule has 1 aromatic carbocycles. The number of aryl methyl sites for hydroxylation is 2. The minimum atomic E-state index is -0.121. The molecule has 4 aromatic rings. The fraction of sp³-hybridized carbons (Fsp3) is 0.286. The van der Waals surface area contributed by atoms with Gasteiger partial charge in [0.1, 0.15) is 0 Å². The number of nitrogens with one attached hydrogen (secondary N) is 1. The molecule has 0 bridgehead atoms. The molecule has 0 aliphatic carbocycles. The first kappa shape index (κ1) is 18.8. The SMILES string of the molecule is CCCc1cc(=O)n2nc(NC(Cc3ccccc3)c3sccc3C)sc2n1. The van der Waals surface area contributed by atoms with Crippen LogP contribution >= 0.6 is 22.7 Å². The molecule has 0 saturated heterocycles. The van der Waals surface area contributed by atoms with Crippen molar-refractivity contribution < 1.29 is 0 Å². The number of fused-ring (bicyclic) bond motifs is 1. The molecule has 4 rings (SSSR count). The quantitative estimate of drug-likeness (QED) is 0.472. The van der Waals surface area contributed by atoms with Gasteiger partial charge in [0.05, 0.1) is 6.04 Å². The van der Waals surface area contributed by atoms with Crippen LogP contribution in [0.25, 0.3) is 4.96 Å². The van der Waals surface area contributed by atoms with Gasteiger partial charge in [-0.2, -0.15) is 4.52 Å². The van der Waals surface area contributed by atoms with Crippen molar-refractivity contribution >= 4 is 32.8 Å². The van der Waals surface area contributed by atoms with Gasteiger partial charge in [0.2, 0.25) is 10.1 Å². The van der Waals surface area contributed by atoms with Gasteiger partial charge in [-0.3, -0.25) is 4.79 Å². The van der Waals surface area contributed by atoms with E-state index in [9.17, 15) is 4.79 Å². The highest BCUT2D eigenvalue weighted by atomic mass is 32.1. The van der Waals surface area contributed by atoms with E-state index in [1.807, 2.05) is 6.07 Å². The summed E-state index contributed by atoms with van der Waals surface area (Å²) in [5.74, 6) is 0. The highest BCUT2D eigenvalue weighted by molar-refractivity contribution is 7.20. The second-order valence-corrected chi connectivity index (χ2v) is 8.70. The van der Waals surface area contributed by atoms with Crippen LogP contribution in [0, 0.1) is 6.92 Å². The van der Waals surface area contributed by atoms with E-state index in [4.69, 9.17) is 0 Å². The van der Waals surface area contributed by atoms with E-state index in [1.54, 1.807) is 17.4 Å². The molecule has 3 heterocycles. The van der Waals surface area contributed by atoms with E-state index in [0.717, 1.165) is 25.0 Å². The maximum absolute atomic E-state index is 12.4. The summed E-state index contributed by atoms with van der Waals surface area (Å²) >= 11 is 3.17. The molecule has 0 aliphatic heterocycles. The predicted molar refractivity (Wildman–Crippen MR) is 117 cm³/mol. The molecule has 1 unspecified atom stereocenters. The number of hydrogen-bond acceptors (Lipinski definition) is 6. The average Bonchev–Trinajstić information content (AvgIpc) is 3.28. The number of thiophene rings is 1. The van der Waals surface area contributed by atoms with Gasteiger partial charge in [-0.05, 0) is 42.3 Å². The molecule has 0 fully saturated rings. The summed E-state index contributed by atoms with van der Waals surface area (Å²) in [5, 5.41) is 10.9. The van der Waals surface area contributed by atoms with Crippen molar-refractivity contribution in [3.8, 4) is 0 Å². The standard InChI is InChI=1S/C21H22N4OS2/c1-3-7-16-13-18(26)25-21(22-16)28-20(24-25)23-17(19-14(2)10-11-27-19)12-15-8-5-4-6-9-15/h4-6,8-11,13,17H,3,7,12H2,1-2H3,(H,23,24). The Morgan fingerprint density at radius 1 is 1.21 bits per heavy atom. The molecule has 0 saturated carbocycles. The lowest BCUT2D eigenvalue weighted by molar-refractivity contribution is 0.773. The summed E-state index contributed by atoms with van der Waals surface area (Å²) in [5.41, 5.74) is 3.23. The van der Waals surface area contributed by atoms with E-state index in [-0.39, 0.29) is 11.6 Å². The Bertz CT molecular complexity index is 1130. The molecule has 5 nitrogen and oxygen atoms in total. The van der Waals surface area contributed by atoms with Crippen molar-refractivity contribution in [2.75, 3.05) is 5.32 Å². The highest BCUT2D eigenvalue weighted by Crippen LogP contribution is 2.31. The molecule has 0 amide bonds. The molecule has 7 heteroatoms. The second-order valence-electron chi connectivity index (χ2n) is 6.79. The third-order valence-corrected chi connectivity index (χ3v) is 6.58. The number of aromatic nitrogens is 3. The first-order valence-electron chi connectivity index (χ1n) is 9.38. The van der Waals surface area contributed by atoms with Crippen LogP contribution in [0.15, 0.2) is 52.6 Å². The molecule has 0 spiro atoms. The zero-order valence-electron chi connectivity index (χ0n) is 15.9. The van der Waals surface area contributed by atoms with Gasteiger partial charge in [0, 0.05) is 16.6 Å². The Hall–Kier alpha value is -2.51. The minimum absolute atomic E-state index is 0.0915. The smallest absolute Gasteiger partial charge is 0.275 e. The number of rotatable bonds is 7. The van der Waals surface area contributed by atoms with Gasteiger partial charge in [-0.15, -0.1) is 16.4 Å². The normalized spacial score (nSPS) is 12.4. The third kappa shape index (κ3) is 4.00. The van der Waals surface area contributed by atoms with Gasteiger partial charge in [-0.1, -0.05) is 55.0 Å². The number of nitrogens with zero attached hydrogens (tertiary/aromatic N) is 3. The lowest BCUT2D eigenvalue weighted by Gasteiger charge is -2.18. The zero-order valence-corrected chi connectivity index (χ0v) is 17.5. The number of benzene rings is 1. The maximum atomic E-state index is 12.4. The van der Waals surface area contributed by atoms with Crippen molar-refractivity contribution in [2.45, 2.75) is 39.2 Å². The van der Waals surface area contributed by atoms with Gasteiger partial charge >= 0.3 is 0 Å². The number of hydrogen-bond donors (Lipinski definition) is 1. The fourth-order valence-electron chi connectivity index (χ4n) is 3.25. The van der Waals surface area contributed by atoms with Crippen molar-refractivity contribution in [3.63, 3.8) is 0 Å². The second kappa shape index (κ2) is 8.24. The van der Waals surface area contributed by atoms with Crippen LogP contribution in [0.4, 0.5) is 5.13 Å². The lowest BCUT2D eigenvalue weighted by atomic mass is 10.0. The molecular formula is C21H22N4OS2. The molecule has 28 heavy (non-hydrogen) atoms. The van der Waals surface area contributed by atoms with E-state index in [0.29, 0.717) is 10.1 Å². The van der Waals surface area contributed by atoms with Crippen LogP contribution in [0.1, 0.15) is 41.1 Å².